The van der Waals surface area contributed by atoms with Gasteiger partial charge in [-0.3, -0.25) is 14.1 Å². The number of nitrogens with one attached hydrogen (secondary N) is 2. The third-order valence-corrected chi connectivity index (χ3v) is 7.17. The number of carbonyl (C=O) groups excluding carboxylic acids is 1. The first kappa shape index (κ1) is 21.3. The van der Waals surface area contributed by atoms with Gasteiger partial charge < -0.3 is 5.32 Å². The Balaban J connectivity index is 1.37. The molecular formula is C23H18ClN5O3S. The Labute approximate surface area is 195 Å². The van der Waals surface area contributed by atoms with Gasteiger partial charge in [0, 0.05) is 47.7 Å². The van der Waals surface area contributed by atoms with Crippen molar-refractivity contribution in [3.05, 3.63) is 83.6 Å². The molecule has 2 N–H and O–H groups in total. The van der Waals surface area contributed by atoms with E-state index in [0.717, 1.165) is 10.9 Å². The number of carbonyl (C=O) groups is 1. The number of rotatable bonds is 4. The van der Waals surface area contributed by atoms with E-state index in [4.69, 9.17) is 11.6 Å². The number of hydrogen-bond acceptors (Lipinski definition) is 5. The molecule has 0 saturated carbocycles. The summed E-state index contributed by atoms with van der Waals surface area (Å²) in [4.78, 5) is 21.5. The van der Waals surface area contributed by atoms with Crippen molar-refractivity contribution in [3.8, 4) is 11.3 Å². The standard InChI is InChI=1S/C23H18ClN5O3S/c24-20-7-4-17(13-19(20)22-8-3-16-14-25-10-9-21(16)28-22)27-23(30)15-1-5-18(6-2-15)29-12-11-26-33(29,31)32/h1-10,13-14,26H,11-12H2,(H,27,30). The van der Waals surface area contributed by atoms with Crippen LogP contribution in [0.15, 0.2) is 73.1 Å². The highest BCUT2D eigenvalue weighted by Gasteiger charge is 2.27. The summed E-state index contributed by atoms with van der Waals surface area (Å²) < 4.78 is 27.7. The molecule has 2 aromatic heterocycles. The number of nitrogens with zero attached hydrogens (tertiary/aromatic N) is 3. The van der Waals surface area contributed by atoms with E-state index in [1.807, 2.05) is 18.2 Å². The quantitative estimate of drug-likeness (QED) is 0.462. The molecule has 0 atom stereocenters. The number of amides is 1. The van der Waals surface area contributed by atoms with Crippen LogP contribution in [0, 0.1) is 0 Å². The van der Waals surface area contributed by atoms with E-state index in [2.05, 4.69) is 20.0 Å². The fourth-order valence-corrected chi connectivity index (χ4v) is 5.09. The number of benzene rings is 2. The molecule has 4 aromatic rings. The summed E-state index contributed by atoms with van der Waals surface area (Å²) in [6.45, 7) is 0.702. The molecule has 2 aromatic carbocycles. The van der Waals surface area contributed by atoms with Crippen molar-refractivity contribution in [2.24, 2.45) is 0 Å². The van der Waals surface area contributed by atoms with Crippen LogP contribution < -0.4 is 14.3 Å². The van der Waals surface area contributed by atoms with Crippen LogP contribution in [0.25, 0.3) is 22.2 Å². The van der Waals surface area contributed by atoms with E-state index in [0.29, 0.717) is 46.3 Å². The molecule has 1 aliphatic rings. The summed E-state index contributed by atoms with van der Waals surface area (Å²) in [5.74, 6) is -0.324. The van der Waals surface area contributed by atoms with Crippen LogP contribution in [-0.2, 0) is 10.2 Å². The number of anilines is 2. The lowest BCUT2D eigenvalue weighted by Gasteiger charge is -2.16. The maximum absolute atomic E-state index is 12.8. The van der Waals surface area contributed by atoms with Crippen molar-refractivity contribution in [2.75, 3.05) is 22.7 Å². The predicted octanol–water partition coefficient (Wildman–Crippen LogP) is 3.86. The Hall–Kier alpha value is -3.53. The Morgan fingerprint density at radius 3 is 2.64 bits per heavy atom. The Morgan fingerprint density at radius 2 is 1.88 bits per heavy atom. The summed E-state index contributed by atoms with van der Waals surface area (Å²) >= 11 is 6.41. The summed E-state index contributed by atoms with van der Waals surface area (Å²) in [7, 11) is -3.51. The van der Waals surface area contributed by atoms with Crippen LogP contribution >= 0.6 is 11.6 Å². The SMILES string of the molecule is O=C(Nc1ccc(Cl)c(-c2ccc3cnccc3n2)c1)c1ccc(N2CCNS2(=O)=O)cc1. The fourth-order valence-electron chi connectivity index (χ4n) is 3.64. The number of halogens is 1. The first-order valence-electron chi connectivity index (χ1n) is 10.1. The van der Waals surface area contributed by atoms with E-state index >= 15 is 0 Å². The number of pyridine rings is 2. The number of fused-ring (bicyclic) bond motifs is 1. The second-order valence-electron chi connectivity index (χ2n) is 7.43. The highest BCUT2D eigenvalue weighted by atomic mass is 35.5. The third kappa shape index (κ3) is 4.25. The molecule has 166 valence electrons. The highest BCUT2D eigenvalue weighted by molar-refractivity contribution is 7.91. The summed E-state index contributed by atoms with van der Waals surface area (Å²) in [6, 6.07) is 17.2. The van der Waals surface area contributed by atoms with E-state index < -0.39 is 10.2 Å². The van der Waals surface area contributed by atoms with Gasteiger partial charge in [-0.2, -0.15) is 13.1 Å². The molecule has 1 aliphatic heterocycles. The normalized spacial score (nSPS) is 15.0. The molecule has 3 heterocycles. The Morgan fingerprint density at radius 1 is 1.06 bits per heavy atom. The molecule has 1 amide bonds. The second-order valence-corrected chi connectivity index (χ2v) is 9.52. The smallest absolute Gasteiger partial charge is 0.301 e. The van der Waals surface area contributed by atoms with E-state index in [1.54, 1.807) is 54.9 Å². The average Bonchev–Trinajstić information content (AvgIpc) is 3.19. The van der Waals surface area contributed by atoms with Gasteiger partial charge in [-0.1, -0.05) is 11.6 Å². The molecule has 5 rings (SSSR count). The van der Waals surface area contributed by atoms with Crippen LogP contribution in [0.4, 0.5) is 11.4 Å². The average molecular weight is 480 g/mol. The van der Waals surface area contributed by atoms with Crippen LogP contribution in [0.5, 0.6) is 0 Å². The molecule has 0 unspecified atom stereocenters. The largest absolute Gasteiger partial charge is 0.322 e. The van der Waals surface area contributed by atoms with Crippen molar-refractivity contribution in [3.63, 3.8) is 0 Å². The number of aromatic nitrogens is 2. The van der Waals surface area contributed by atoms with Crippen LogP contribution in [-0.4, -0.2) is 37.4 Å². The van der Waals surface area contributed by atoms with Crippen molar-refractivity contribution < 1.29 is 13.2 Å². The minimum Gasteiger partial charge on any atom is -0.322 e. The Kier molecular flexibility index (Phi) is 5.45. The molecule has 0 bridgehead atoms. The topological polar surface area (TPSA) is 104 Å². The van der Waals surface area contributed by atoms with Crippen molar-refractivity contribution >= 4 is 50.0 Å². The van der Waals surface area contributed by atoms with Crippen molar-refractivity contribution in [2.45, 2.75) is 0 Å². The fraction of sp³-hybridized carbons (Fsp3) is 0.0870. The predicted molar refractivity (Wildman–Crippen MR) is 129 cm³/mol. The minimum absolute atomic E-state index is 0.324. The zero-order valence-electron chi connectivity index (χ0n) is 17.2. The van der Waals surface area contributed by atoms with Gasteiger partial charge in [0.25, 0.3) is 5.91 Å². The summed E-state index contributed by atoms with van der Waals surface area (Å²) in [6.07, 6.45) is 3.42. The van der Waals surface area contributed by atoms with Crippen LogP contribution in [0.2, 0.25) is 5.02 Å². The maximum Gasteiger partial charge on any atom is 0.301 e. The van der Waals surface area contributed by atoms with Gasteiger partial charge in [-0.25, -0.2) is 4.98 Å². The van der Waals surface area contributed by atoms with Gasteiger partial charge in [0.1, 0.15) is 0 Å². The number of hydrogen-bond donors (Lipinski definition) is 2. The van der Waals surface area contributed by atoms with Crippen molar-refractivity contribution in [1.29, 1.82) is 0 Å². The maximum atomic E-state index is 12.8. The molecule has 33 heavy (non-hydrogen) atoms. The molecule has 0 spiro atoms. The minimum atomic E-state index is -3.51. The zero-order chi connectivity index (χ0) is 23.0. The molecule has 1 fully saturated rings. The van der Waals surface area contributed by atoms with Gasteiger partial charge in [0.05, 0.1) is 21.9 Å². The highest BCUT2D eigenvalue weighted by Crippen LogP contribution is 2.31. The third-order valence-electron chi connectivity index (χ3n) is 5.30. The molecule has 0 radical (unpaired) electrons. The first-order chi connectivity index (χ1) is 15.9. The van der Waals surface area contributed by atoms with E-state index in [1.165, 1.54) is 4.31 Å². The molecule has 0 aliphatic carbocycles. The van der Waals surface area contributed by atoms with Gasteiger partial charge in [0.2, 0.25) is 0 Å². The van der Waals surface area contributed by atoms with Crippen molar-refractivity contribution in [1.82, 2.24) is 14.7 Å². The molecule has 8 nitrogen and oxygen atoms in total. The second kappa shape index (κ2) is 8.43. The van der Waals surface area contributed by atoms with Gasteiger partial charge in [-0.05, 0) is 60.7 Å². The molecule has 1 saturated heterocycles. The monoisotopic (exact) mass is 479 g/mol. The Bertz CT molecular complexity index is 1480. The van der Waals surface area contributed by atoms with E-state index in [-0.39, 0.29) is 5.91 Å². The lowest BCUT2D eigenvalue weighted by atomic mass is 10.1. The lowest BCUT2D eigenvalue weighted by molar-refractivity contribution is 0.102. The van der Waals surface area contributed by atoms with Crippen LogP contribution in [0.1, 0.15) is 10.4 Å². The zero-order valence-corrected chi connectivity index (χ0v) is 18.8. The van der Waals surface area contributed by atoms with Crippen LogP contribution in [0.3, 0.4) is 0 Å². The van der Waals surface area contributed by atoms with E-state index in [9.17, 15) is 13.2 Å². The lowest BCUT2D eigenvalue weighted by Crippen LogP contribution is -2.29. The van der Waals surface area contributed by atoms with Gasteiger partial charge >= 0.3 is 10.2 Å². The summed E-state index contributed by atoms with van der Waals surface area (Å²) in [5, 5.41) is 4.29. The molecular weight excluding hydrogens is 462 g/mol. The summed E-state index contributed by atoms with van der Waals surface area (Å²) in [5.41, 5.74) is 3.63. The van der Waals surface area contributed by atoms with Gasteiger partial charge in [-0.15, -0.1) is 0 Å². The van der Waals surface area contributed by atoms with Gasteiger partial charge in [0.15, 0.2) is 0 Å². The first-order valence-corrected chi connectivity index (χ1v) is 11.9. The molecule has 10 heteroatoms.